The van der Waals surface area contributed by atoms with E-state index in [4.69, 9.17) is 9.47 Å². The smallest absolute Gasteiger partial charge is 0.249 e. The molecular weight excluding hydrogens is 358 g/mol. The summed E-state index contributed by atoms with van der Waals surface area (Å²) in [5.41, 5.74) is 0.920. The molecule has 1 aromatic carbocycles. The molecule has 2 aliphatic heterocycles. The molecule has 1 aliphatic carbocycles. The van der Waals surface area contributed by atoms with E-state index in [1.165, 1.54) is 0 Å². The summed E-state index contributed by atoms with van der Waals surface area (Å²) in [4.78, 5) is 29.6. The van der Waals surface area contributed by atoms with Crippen LogP contribution in [0.3, 0.4) is 0 Å². The molecule has 3 aliphatic rings. The average Bonchev–Trinajstić information content (AvgIpc) is 3.27. The molecule has 4 rings (SSSR count). The number of rotatable bonds is 5. The molecule has 1 N–H and O–H groups in total. The van der Waals surface area contributed by atoms with Crippen molar-refractivity contribution in [2.75, 3.05) is 45.8 Å². The third kappa shape index (κ3) is 3.21. The second kappa shape index (κ2) is 7.28. The van der Waals surface area contributed by atoms with Gasteiger partial charge in [0, 0.05) is 37.7 Å². The average molecular weight is 387 g/mol. The van der Waals surface area contributed by atoms with Crippen molar-refractivity contribution in [2.45, 2.75) is 31.7 Å². The van der Waals surface area contributed by atoms with E-state index in [2.05, 4.69) is 5.32 Å². The number of methoxy groups -OCH3 is 2. The second-order valence-electron chi connectivity index (χ2n) is 8.18. The standard InChI is InChI=1S/C21H29N3O4/c1-23(19(25)17-13-21(17)5-7-22-8-6-21)18-4-9-24(20(18)26)14-10-15(27-2)12-16(11-14)28-3/h10-12,17-18,22H,4-9,13H2,1-3H3. The molecule has 2 saturated heterocycles. The summed E-state index contributed by atoms with van der Waals surface area (Å²) >= 11 is 0. The van der Waals surface area contributed by atoms with Gasteiger partial charge in [0.2, 0.25) is 11.8 Å². The number of amides is 2. The van der Waals surface area contributed by atoms with Crippen molar-refractivity contribution in [3.63, 3.8) is 0 Å². The molecule has 2 unspecified atom stereocenters. The van der Waals surface area contributed by atoms with Gasteiger partial charge in [0.05, 0.1) is 19.9 Å². The second-order valence-corrected chi connectivity index (χ2v) is 8.18. The largest absolute Gasteiger partial charge is 0.497 e. The van der Waals surface area contributed by atoms with Crippen molar-refractivity contribution in [1.82, 2.24) is 10.2 Å². The molecule has 1 spiro atoms. The quantitative estimate of drug-likeness (QED) is 0.832. The number of nitrogens with zero attached hydrogens (tertiary/aromatic N) is 2. The number of likely N-dealkylation sites (N-methyl/N-ethyl adjacent to an activating group) is 1. The summed E-state index contributed by atoms with van der Waals surface area (Å²) < 4.78 is 10.6. The maximum atomic E-state index is 13.1. The Morgan fingerprint density at radius 2 is 1.82 bits per heavy atom. The van der Waals surface area contributed by atoms with Crippen LogP contribution in [-0.4, -0.2) is 63.7 Å². The van der Waals surface area contributed by atoms with Gasteiger partial charge < -0.3 is 24.6 Å². The predicted molar refractivity (Wildman–Crippen MR) is 106 cm³/mol. The van der Waals surface area contributed by atoms with E-state index < -0.39 is 6.04 Å². The number of nitrogens with one attached hydrogen (secondary N) is 1. The van der Waals surface area contributed by atoms with E-state index in [-0.39, 0.29) is 23.1 Å². The maximum absolute atomic E-state index is 13.1. The summed E-state index contributed by atoms with van der Waals surface area (Å²) in [5, 5.41) is 3.37. The van der Waals surface area contributed by atoms with Crippen molar-refractivity contribution in [2.24, 2.45) is 11.3 Å². The highest BCUT2D eigenvalue weighted by molar-refractivity contribution is 6.02. The van der Waals surface area contributed by atoms with Gasteiger partial charge in [-0.2, -0.15) is 0 Å². The summed E-state index contributed by atoms with van der Waals surface area (Å²) in [6, 6.07) is 5.04. The van der Waals surface area contributed by atoms with E-state index in [0.717, 1.165) is 38.0 Å². The minimum Gasteiger partial charge on any atom is -0.497 e. The Hall–Kier alpha value is -2.28. The molecule has 1 aromatic rings. The first-order chi connectivity index (χ1) is 13.5. The summed E-state index contributed by atoms with van der Waals surface area (Å²) in [7, 11) is 4.96. The summed E-state index contributed by atoms with van der Waals surface area (Å²) in [5.74, 6) is 1.46. The lowest BCUT2D eigenvalue weighted by molar-refractivity contribution is -0.138. The summed E-state index contributed by atoms with van der Waals surface area (Å²) in [6.07, 6.45) is 3.73. The van der Waals surface area contributed by atoms with Crippen molar-refractivity contribution >= 4 is 17.5 Å². The van der Waals surface area contributed by atoms with Crippen molar-refractivity contribution < 1.29 is 19.1 Å². The Balaban J connectivity index is 1.46. The van der Waals surface area contributed by atoms with Gasteiger partial charge >= 0.3 is 0 Å². The predicted octanol–water partition coefficient (Wildman–Crippen LogP) is 1.66. The first kappa shape index (κ1) is 19.1. The van der Waals surface area contributed by atoms with Crippen LogP contribution in [0.2, 0.25) is 0 Å². The Morgan fingerprint density at radius 3 is 2.43 bits per heavy atom. The maximum Gasteiger partial charge on any atom is 0.249 e. The van der Waals surface area contributed by atoms with Crippen LogP contribution >= 0.6 is 0 Å². The fourth-order valence-electron chi connectivity index (χ4n) is 4.80. The number of ether oxygens (including phenoxy) is 2. The van der Waals surface area contributed by atoms with E-state index in [9.17, 15) is 9.59 Å². The minimum atomic E-state index is -0.399. The zero-order valence-corrected chi connectivity index (χ0v) is 16.9. The van der Waals surface area contributed by atoms with E-state index in [1.54, 1.807) is 37.1 Å². The van der Waals surface area contributed by atoms with Gasteiger partial charge in [0.1, 0.15) is 17.5 Å². The van der Waals surface area contributed by atoms with Crippen LogP contribution in [0.1, 0.15) is 25.7 Å². The number of carbonyl (C=O) groups is 2. The molecule has 7 nitrogen and oxygen atoms in total. The molecule has 152 valence electrons. The fraction of sp³-hybridized carbons (Fsp3) is 0.619. The Bertz CT molecular complexity index is 753. The third-order valence-corrected chi connectivity index (χ3v) is 6.73. The topological polar surface area (TPSA) is 71.1 Å². The summed E-state index contributed by atoms with van der Waals surface area (Å²) in [6.45, 7) is 2.56. The fourth-order valence-corrected chi connectivity index (χ4v) is 4.80. The molecule has 3 fully saturated rings. The van der Waals surface area contributed by atoms with E-state index in [0.29, 0.717) is 24.5 Å². The van der Waals surface area contributed by atoms with Crippen molar-refractivity contribution in [3.05, 3.63) is 18.2 Å². The Labute approximate surface area is 166 Å². The number of anilines is 1. The van der Waals surface area contributed by atoms with Gasteiger partial charge in [-0.1, -0.05) is 0 Å². The number of hydrogen-bond acceptors (Lipinski definition) is 5. The lowest BCUT2D eigenvalue weighted by Crippen LogP contribution is -2.44. The molecule has 0 bridgehead atoms. The van der Waals surface area contributed by atoms with Crippen LogP contribution in [0, 0.1) is 11.3 Å². The van der Waals surface area contributed by atoms with Crippen LogP contribution in [0.15, 0.2) is 18.2 Å². The van der Waals surface area contributed by atoms with Gasteiger partial charge in [0.15, 0.2) is 0 Å². The Morgan fingerprint density at radius 1 is 1.18 bits per heavy atom. The van der Waals surface area contributed by atoms with Crippen LogP contribution in [0.4, 0.5) is 5.69 Å². The third-order valence-electron chi connectivity index (χ3n) is 6.73. The van der Waals surface area contributed by atoms with Gasteiger partial charge in [0.25, 0.3) is 0 Å². The lowest BCUT2D eigenvalue weighted by atomic mass is 9.91. The monoisotopic (exact) mass is 387 g/mol. The first-order valence-electron chi connectivity index (χ1n) is 10.0. The zero-order chi connectivity index (χ0) is 19.9. The van der Waals surface area contributed by atoms with Crippen molar-refractivity contribution in [3.8, 4) is 11.5 Å². The van der Waals surface area contributed by atoms with Crippen LogP contribution in [0.25, 0.3) is 0 Å². The van der Waals surface area contributed by atoms with Gasteiger partial charge in [-0.15, -0.1) is 0 Å². The van der Waals surface area contributed by atoms with Crippen LogP contribution in [-0.2, 0) is 9.59 Å². The first-order valence-corrected chi connectivity index (χ1v) is 10.0. The number of piperidine rings is 1. The van der Waals surface area contributed by atoms with Crippen LogP contribution < -0.4 is 19.7 Å². The van der Waals surface area contributed by atoms with E-state index in [1.807, 2.05) is 12.1 Å². The van der Waals surface area contributed by atoms with Crippen molar-refractivity contribution in [1.29, 1.82) is 0 Å². The molecule has 2 atom stereocenters. The number of hydrogen-bond donors (Lipinski definition) is 1. The Kier molecular flexibility index (Phi) is 4.95. The highest BCUT2D eigenvalue weighted by Crippen LogP contribution is 2.59. The highest BCUT2D eigenvalue weighted by Gasteiger charge is 2.59. The number of benzene rings is 1. The van der Waals surface area contributed by atoms with E-state index >= 15 is 0 Å². The molecular formula is C21H29N3O4. The van der Waals surface area contributed by atoms with Gasteiger partial charge in [-0.05, 0) is 44.2 Å². The normalized spacial score (nSPS) is 25.7. The highest BCUT2D eigenvalue weighted by atomic mass is 16.5. The van der Waals surface area contributed by atoms with Gasteiger partial charge in [-0.25, -0.2) is 0 Å². The lowest BCUT2D eigenvalue weighted by Gasteiger charge is -2.27. The minimum absolute atomic E-state index is 0.0360. The molecule has 2 amide bonds. The molecule has 0 aromatic heterocycles. The zero-order valence-electron chi connectivity index (χ0n) is 16.9. The van der Waals surface area contributed by atoms with Crippen LogP contribution in [0.5, 0.6) is 11.5 Å². The molecule has 7 heteroatoms. The number of carbonyl (C=O) groups excluding carboxylic acids is 2. The molecule has 2 heterocycles. The van der Waals surface area contributed by atoms with Gasteiger partial charge in [-0.3, -0.25) is 9.59 Å². The molecule has 28 heavy (non-hydrogen) atoms. The SMILES string of the molecule is COc1cc(OC)cc(N2CCC(N(C)C(=O)C3CC34CCNCC4)C2=O)c1. The molecule has 0 radical (unpaired) electrons. The molecule has 1 saturated carbocycles.